The van der Waals surface area contributed by atoms with Gasteiger partial charge < -0.3 is 13.3 Å². The third kappa shape index (κ3) is 3.71. The van der Waals surface area contributed by atoms with Crippen LogP contribution in [0, 0.1) is 5.82 Å². The van der Waals surface area contributed by atoms with Crippen LogP contribution < -0.4 is 0 Å². The maximum absolute atomic E-state index is 12.7. The Kier molecular flexibility index (Phi) is 4.90. The minimum absolute atomic E-state index is 0.151. The third-order valence-corrected chi connectivity index (χ3v) is 3.44. The van der Waals surface area contributed by atoms with Crippen molar-refractivity contribution in [3.63, 3.8) is 0 Å². The summed E-state index contributed by atoms with van der Waals surface area (Å²) in [5.41, 5.74) is 0.906. The van der Waals surface area contributed by atoms with E-state index in [4.69, 9.17) is 13.3 Å². The van der Waals surface area contributed by atoms with Crippen molar-refractivity contribution in [3.8, 4) is 0 Å². The molecule has 0 heterocycles. The first-order chi connectivity index (χ1) is 7.17. The van der Waals surface area contributed by atoms with E-state index in [2.05, 4.69) is 0 Å². The van der Waals surface area contributed by atoms with Crippen LogP contribution in [0.15, 0.2) is 24.3 Å². The Hall–Kier alpha value is -0.753. The van der Waals surface area contributed by atoms with Crippen molar-refractivity contribution in [2.75, 3.05) is 14.2 Å². The molecular formula is C10H15FO3Si. The highest BCUT2D eigenvalue weighted by Gasteiger charge is 2.16. The molecular weight excluding hydrogens is 215 g/mol. The molecule has 1 unspecified atom stereocenters. The predicted molar refractivity (Wildman–Crippen MR) is 57.1 cm³/mol. The van der Waals surface area contributed by atoms with Crippen LogP contribution in [0.2, 0.25) is 0 Å². The van der Waals surface area contributed by atoms with Crippen LogP contribution >= 0.6 is 0 Å². The second-order valence-electron chi connectivity index (χ2n) is 3.09. The third-order valence-electron chi connectivity index (χ3n) is 2.04. The van der Waals surface area contributed by atoms with Crippen molar-refractivity contribution in [3.05, 3.63) is 35.6 Å². The molecule has 1 aromatic carbocycles. The van der Waals surface area contributed by atoms with E-state index in [0.29, 0.717) is 0 Å². The van der Waals surface area contributed by atoms with Gasteiger partial charge in [-0.15, -0.1) is 0 Å². The Balaban J connectivity index is 2.60. The smallest absolute Gasteiger partial charge is 0.379 e. The van der Waals surface area contributed by atoms with Crippen molar-refractivity contribution in [1.82, 2.24) is 0 Å². The van der Waals surface area contributed by atoms with Crippen LogP contribution in [0.25, 0.3) is 0 Å². The lowest BCUT2D eigenvalue weighted by molar-refractivity contribution is 0.0951. The zero-order valence-corrected chi connectivity index (χ0v) is 10.2. The monoisotopic (exact) mass is 230 g/mol. The Morgan fingerprint density at radius 3 is 2.13 bits per heavy atom. The molecule has 3 nitrogen and oxygen atoms in total. The average molecular weight is 230 g/mol. The fourth-order valence-corrected chi connectivity index (χ4v) is 2.09. The van der Waals surface area contributed by atoms with Crippen LogP contribution in [0.3, 0.4) is 0 Å². The van der Waals surface area contributed by atoms with E-state index >= 15 is 0 Å². The van der Waals surface area contributed by atoms with E-state index in [1.54, 1.807) is 26.4 Å². The molecule has 0 saturated carbocycles. The summed E-state index contributed by atoms with van der Waals surface area (Å²) in [7, 11) is 1.08. The van der Waals surface area contributed by atoms with Crippen molar-refractivity contribution >= 4 is 9.53 Å². The van der Waals surface area contributed by atoms with Crippen molar-refractivity contribution in [2.24, 2.45) is 0 Å². The highest BCUT2D eigenvalue weighted by Crippen LogP contribution is 2.17. The maximum Gasteiger partial charge on any atom is 0.484 e. The van der Waals surface area contributed by atoms with Gasteiger partial charge >= 0.3 is 9.53 Å². The molecule has 0 fully saturated rings. The fraction of sp³-hybridized carbons (Fsp3) is 0.400. The zero-order chi connectivity index (χ0) is 11.3. The number of rotatable bonds is 5. The number of hydrogen-bond donors (Lipinski definition) is 0. The summed E-state index contributed by atoms with van der Waals surface area (Å²) < 4.78 is 28.3. The lowest BCUT2D eigenvalue weighted by atomic mass is 10.1. The van der Waals surface area contributed by atoms with Crippen molar-refractivity contribution in [1.29, 1.82) is 0 Å². The Bertz CT molecular complexity index is 287. The van der Waals surface area contributed by atoms with Crippen molar-refractivity contribution in [2.45, 2.75) is 13.0 Å². The minimum Gasteiger partial charge on any atom is -0.379 e. The molecule has 0 aliphatic rings. The molecule has 0 aromatic heterocycles. The molecule has 5 heteroatoms. The van der Waals surface area contributed by atoms with Crippen LogP contribution in [-0.2, 0) is 13.3 Å². The van der Waals surface area contributed by atoms with Gasteiger partial charge in [-0.3, -0.25) is 0 Å². The largest absolute Gasteiger partial charge is 0.484 e. The van der Waals surface area contributed by atoms with Gasteiger partial charge in [-0.05, 0) is 24.6 Å². The van der Waals surface area contributed by atoms with Gasteiger partial charge in [-0.1, -0.05) is 12.1 Å². The molecule has 1 atom stereocenters. The van der Waals surface area contributed by atoms with E-state index in [1.807, 2.05) is 6.92 Å². The first-order valence-electron chi connectivity index (χ1n) is 4.64. The molecule has 0 aliphatic carbocycles. The minimum atomic E-state index is -2.03. The van der Waals surface area contributed by atoms with Gasteiger partial charge in [-0.2, -0.15) is 0 Å². The average Bonchev–Trinajstić information content (AvgIpc) is 2.26. The van der Waals surface area contributed by atoms with E-state index in [9.17, 15) is 4.39 Å². The molecule has 0 spiro atoms. The lowest BCUT2D eigenvalue weighted by Gasteiger charge is -2.18. The Morgan fingerprint density at radius 2 is 1.67 bits per heavy atom. The van der Waals surface area contributed by atoms with Gasteiger partial charge in [0.1, 0.15) is 5.82 Å². The maximum atomic E-state index is 12.7. The van der Waals surface area contributed by atoms with E-state index < -0.39 is 9.53 Å². The topological polar surface area (TPSA) is 27.7 Å². The molecule has 0 amide bonds. The summed E-state index contributed by atoms with van der Waals surface area (Å²) in [6.45, 7) is 1.88. The molecule has 0 bridgehead atoms. The number of benzene rings is 1. The summed E-state index contributed by atoms with van der Waals surface area (Å²) in [5, 5.41) is 0. The Morgan fingerprint density at radius 1 is 1.13 bits per heavy atom. The van der Waals surface area contributed by atoms with Crippen molar-refractivity contribution < 1.29 is 17.7 Å². The van der Waals surface area contributed by atoms with Crippen LogP contribution in [-0.4, -0.2) is 23.7 Å². The van der Waals surface area contributed by atoms with Gasteiger partial charge in [0, 0.05) is 14.2 Å². The molecule has 1 rings (SSSR count). The molecule has 0 N–H and O–H groups in total. The number of halogens is 1. The second kappa shape index (κ2) is 5.97. The summed E-state index contributed by atoms with van der Waals surface area (Å²) in [6.07, 6.45) is -0.151. The van der Waals surface area contributed by atoms with E-state index in [-0.39, 0.29) is 11.9 Å². The summed E-state index contributed by atoms with van der Waals surface area (Å²) in [5.74, 6) is -0.252. The molecule has 0 aliphatic heterocycles. The molecule has 84 valence electrons. The van der Waals surface area contributed by atoms with Crippen LogP contribution in [0.1, 0.15) is 18.6 Å². The van der Waals surface area contributed by atoms with Crippen LogP contribution in [0.4, 0.5) is 4.39 Å². The standard InChI is InChI=1S/C10H15FO3Si/c1-8(14-15(12-2)13-3)9-4-6-10(11)7-5-9/h4-8,15H,1-3H3. The SMILES string of the molecule is CO[SiH](OC)OC(C)c1ccc(F)cc1. The summed E-state index contributed by atoms with van der Waals surface area (Å²) >= 11 is 0. The predicted octanol–water partition coefficient (Wildman–Crippen LogP) is 1.91. The zero-order valence-electron chi connectivity index (χ0n) is 9.07. The molecule has 1 aromatic rings. The second-order valence-corrected chi connectivity index (χ2v) is 4.88. The van der Waals surface area contributed by atoms with Gasteiger partial charge in [0.25, 0.3) is 0 Å². The normalized spacial score (nSPS) is 13.1. The quantitative estimate of drug-likeness (QED) is 0.723. The Labute approximate surface area is 90.7 Å². The highest BCUT2D eigenvalue weighted by molar-refractivity contribution is 6.36. The van der Waals surface area contributed by atoms with Crippen LogP contribution in [0.5, 0.6) is 0 Å². The van der Waals surface area contributed by atoms with Gasteiger partial charge in [-0.25, -0.2) is 4.39 Å². The van der Waals surface area contributed by atoms with E-state index in [0.717, 1.165) is 5.56 Å². The first-order valence-corrected chi connectivity index (χ1v) is 6.05. The number of hydrogen-bond acceptors (Lipinski definition) is 3. The van der Waals surface area contributed by atoms with E-state index in [1.165, 1.54) is 12.1 Å². The summed E-state index contributed by atoms with van der Waals surface area (Å²) in [4.78, 5) is 0. The van der Waals surface area contributed by atoms with Gasteiger partial charge in [0.2, 0.25) is 0 Å². The molecule has 15 heavy (non-hydrogen) atoms. The van der Waals surface area contributed by atoms with Gasteiger partial charge in [0.05, 0.1) is 6.10 Å². The lowest BCUT2D eigenvalue weighted by Crippen LogP contribution is -2.25. The fourth-order valence-electron chi connectivity index (χ4n) is 1.19. The first kappa shape index (κ1) is 12.3. The van der Waals surface area contributed by atoms with Gasteiger partial charge in [0.15, 0.2) is 0 Å². The molecule has 0 radical (unpaired) electrons. The molecule has 0 saturated heterocycles. The highest BCUT2D eigenvalue weighted by atomic mass is 28.3. The summed E-state index contributed by atoms with van der Waals surface area (Å²) in [6, 6.07) is 6.20.